The van der Waals surface area contributed by atoms with Gasteiger partial charge in [-0.3, -0.25) is 0 Å². The van der Waals surface area contributed by atoms with E-state index in [2.05, 4.69) is 64.0 Å². The molecule has 9 nitrogen and oxygen atoms in total. The molecule has 2 N–H and O–H groups in total. The highest BCUT2D eigenvalue weighted by atomic mass is 16.5. The fourth-order valence-electron chi connectivity index (χ4n) is 4.59. The quantitative estimate of drug-likeness (QED) is 0.413. The van der Waals surface area contributed by atoms with Crippen molar-refractivity contribution in [2.45, 2.75) is 25.7 Å². The number of nitrogens with one attached hydrogen (secondary N) is 2. The maximum atomic E-state index is 5.62. The van der Waals surface area contributed by atoms with Gasteiger partial charge in [-0.25, -0.2) is 14.6 Å². The zero-order valence-electron chi connectivity index (χ0n) is 20.7. The summed E-state index contributed by atoms with van der Waals surface area (Å²) in [5.41, 5.74) is 6.36. The van der Waals surface area contributed by atoms with Crippen LogP contribution in [0.25, 0.3) is 5.69 Å². The molecule has 35 heavy (non-hydrogen) atoms. The molecule has 1 atom stereocenters. The molecule has 0 amide bonds. The lowest BCUT2D eigenvalue weighted by atomic mass is 9.96. The lowest BCUT2D eigenvalue weighted by Crippen LogP contribution is -2.09. The van der Waals surface area contributed by atoms with Gasteiger partial charge in [0.05, 0.1) is 12.8 Å². The van der Waals surface area contributed by atoms with Gasteiger partial charge in [-0.05, 0) is 49.6 Å². The van der Waals surface area contributed by atoms with Gasteiger partial charge in [-0.2, -0.15) is 10.1 Å². The highest BCUT2D eigenvalue weighted by Gasteiger charge is 2.29. The maximum absolute atomic E-state index is 5.62. The lowest BCUT2D eigenvalue weighted by molar-refractivity contribution is 0.412. The standard InChI is InChI=1S/C26H30N8O/c1-16-28-15-34(32-16)22-13-8-18(14-23(22)35-5)29-26-30-24-20(11-12-21(24)25(27-2)31-26)17-6-9-19(10-7-17)33(3)4/h6-10,13-15,20H,11-12H2,1-5H3,(H2,27,29,30,31). The fourth-order valence-corrected chi connectivity index (χ4v) is 4.59. The molecule has 0 bridgehead atoms. The van der Waals surface area contributed by atoms with E-state index in [1.165, 1.54) is 16.8 Å². The van der Waals surface area contributed by atoms with Crippen LogP contribution in [0.1, 0.15) is 35.0 Å². The van der Waals surface area contributed by atoms with Gasteiger partial charge in [0.2, 0.25) is 5.95 Å². The molecule has 2 aromatic carbocycles. The molecule has 0 spiro atoms. The molecule has 5 rings (SSSR count). The zero-order chi connectivity index (χ0) is 24.5. The predicted octanol–water partition coefficient (Wildman–Crippen LogP) is 4.30. The summed E-state index contributed by atoms with van der Waals surface area (Å²) in [6.07, 6.45) is 3.64. The molecule has 0 radical (unpaired) electrons. The van der Waals surface area contributed by atoms with Crippen LogP contribution >= 0.6 is 0 Å². The summed E-state index contributed by atoms with van der Waals surface area (Å²) in [6.45, 7) is 1.85. The van der Waals surface area contributed by atoms with Crippen molar-refractivity contribution in [3.8, 4) is 11.4 Å². The van der Waals surface area contributed by atoms with Gasteiger partial charge in [-0.15, -0.1) is 0 Å². The highest BCUT2D eigenvalue weighted by molar-refractivity contribution is 5.64. The number of methoxy groups -OCH3 is 1. The molecule has 0 fully saturated rings. The highest BCUT2D eigenvalue weighted by Crippen LogP contribution is 2.41. The van der Waals surface area contributed by atoms with E-state index in [4.69, 9.17) is 14.7 Å². The van der Waals surface area contributed by atoms with Crippen LogP contribution in [0.4, 0.5) is 23.1 Å². The Bertz CT molecular complexity index is 1350. The third-order valence-corrected chi connectivity index (χ3v) is 6.39. The van der Waals surface area contributed by atoms with Gasteiger partial charge in [0, 0.05) is 50.1 Å². The van der Waals surface area contributed by atoms with Crippen LogP contribution in [0.2, 0.25) is 0 Å². The van der Waals surface area contributed by atoms with Crippen LogP contribution in [-0.2, 0) is 6.42 Å². The van der Waals surface area contributed by atoms with Crippen LogP contribution in [0.15, 0.2) is 48.8 Å². The van der Waals surface area contributed by atoms with Crippen molar-refractivity contribution in [3.63, 3.8) is 0 Å². The number of anilines is 4. The summed E-state index contributed by atoms with van der Waals surface area (Å²) in [5, 5.41) is 11.0. The first-order chi connectivity index (χ1) is 17.0. The van der Waals surface area contributed by atoms with E-state index in [1.54, 1.807) is 18.1 Å². The van der Waals surface area contributed by atoms with Crippen molar-refractivity contribution < 1.29 is 4.74 Å². The summed E-state index contributed by atoms with van der Waals surface area (Å²) in [4.78, 5) is 16.0. The van der Waals surface area contributed by atoms with Gasteiger partial charge in [0.15, 0.2) is 0 Å². The van der Waals surface area contributed by atoms with Crippen LogP contribution in [-0.4, -0.2) is 53.0 Å². The summed E-state index contributed by atoms with van der Waals surface area (Å²) in [7, 11) is 7.66. The topological polar surface area (TPSA) is 93.0 Å². The second-order valence-electron chi connectivity index (χ2n) is 8.83. The van der Waals surface area contributed by atoms with Gasteiger partial charge in [0.25, 0.3) is 0 Å². The molecule has 0 aliphatic heterocycles. The SMILES string of the molecule is CNc1nc(Nc2ccc(-n3cnc(C)n3)c(OC)c2)nc2c1CCC2c1ccc(N(C)C)cc1. The number of rotatable bonds is 7. The number of benzene rings is 2. The van der Waals surface area contributed by atoms with E-state index in [0.29, 0.717) is 17.5 Å². The summed E-state index contributed by atoms with van der Waals surface area (Å²) in [5.74, 6) is 3.03. The predicted molar refractivity (Wildman–Crippen MR) is 138 cm³/mol. The Hall–Kier alpha value is -4.14. The first kappa shape index (κ1) is 22.6. The van der Waals surface area contributed by atoms with Crippen LogP contribution in [0.5, 0.6) is 5.75 Å². The molecule has 0 saturated heterocycles. The van der Waals surface area contributed by atoms with E-state index < -0.39 is 0 Å². The molecular weight excluding hydrogens is 440 g/mol. The largest absolute Gasteiger partial charge is 0.494 e. The maximum Gasteiger partial charge on any atom is 0.229 e. The minimum Gasteiger partial charge on any atom is -0.494 e. The molecular formula is C26H30N8O. The number of nitrogens with zero attached hydrogens (tertiary/aromatic N) is 6. The number of aryl methyl sites for hydroxylation is 1. The van der Waals surface area contributed by atoms with E-state index in [-0.39, 0.29) is 5.92 Å². The van der Waals surface area contributed by atoms with Gasteiger partial charge in [-0.1, -0.05) is 12.1 Å². The van der Waals surface area contributed by atoms with Crippen molar-refractivity contribution >= 4 is 23.1 Å². The summed E-state index contributed by atoms with van der Waals surface area (Å²) in [6, 6.07) is 14.6. The Kier molecular flexibility index (Phi) is 5.98. The van der Waals surface area contributed by atoms with E-state index >= 15 is 0 Å². The third-order valence-electron chi connectivity index (χ3n) is 6.39. The van der Waals surface area contributed by atoms with Crippen molar-refractivity contribution in [1.82, 2.24) is 24.7 Å². The molecule has 1 aliphatic rings. The second-order valence-corrected chi connectivity index (χ2v) is 8.83. The minimum absolute atomic E-state index is 0.240. The Labute approximate surface area is 205 Å². The van der Waals surface area contributed by atoms with Crippen molar-refractivity contribution in [1.29, 1.82) is 0 Å². The second kappa shape index (κ2) is 9.25. The number of fused-ring (bicyclic) bond motifs is 1. The average Bonchev–Trinajstić information content (AvgIpc) is 3.49. The van der Waals surface area contributed by atoms with E-state index in [1.807, 2.05) is 32.2 Å². The monoisotopic (exact) mass is 470 g/mol. The van der Waals surface area contributed by atoms with E-state index in [0.717, 1.165) is 35.7 Å². The van der Waals surface area contributed by atoms with Crippen LogP contribution in [0, 0.1) is 6.92 Å². The molecule has 0 saturated carbocycles. The number of aromatic nitrogens is 5. The molecule has 1 aliphatic carbocycles. The van der Waals surface area contributed by atoms with Crippen LogP contribution in [0.3, 0.4) is 0 Å². The van der Waals surface area contributed by atoms with E-state index in [9.17, 15) is 0 Å². The first-order valence-electron chi connectivity index (χ1n) is 11.7. The average molecular weight is 471 g/mol. The molecule has 4 aromatic rings. The Morgan fingerprint density at radius 1 is 1.09 bits per heavy atom. The zero-order valence-corrected chi connectivity index (χ0v) is 20.7. The van der Waals surface area contributed by atoms with Crippen LogP contribution < -0.4 is 20.3 Å². The molecule has 2 heterocycles. The lowest BCUT2D eigenvalue weighted by Gasteiger charge is -2.17. The first-order valence-corrected chi connectivity index (χ1v) is 11.7. The van der Waals surface area contributed by atoms with Crippen molar-refractivity contribution in [2.24, 2.45) is 0 Å². The fraction of sp³-hybridized carbons (Fsp3) is 0.308. The number of hydrogen-bond acceptors (Lipinski definition) is 8. The minimum atomic E-state index is 0.240. The third kappa shape index (κ3) is 4.37. The Morgan fingerprint density at radius 3 is 2.54 bits per heavy atom. The van der Waals surface area contributed by atoms with Crippen molar-refractivity contribution in [3.05, 3.63) is 71.4 Å². The van der Waals surface area contributed by atoms with Crippen molar-refractivity contribution in [2.75, 3.05) is 43.8 Å². The molecule has 180 valence electrons. The number of ether oxygens (including phenoxy) is 1. The normalized spacial score (nSPS) is 14.5. The smallest absolute Gasteiger partial charge is 0.229 e. The molecule has 2 aromatic heterocycles. The summed E-state index contributed by atoms with van der Waals surface area (Å²) >= 11 is 0. The number of hydrogen-bond donors (Lipinski definition) is 2. The Balaban J connectivity index is 1.46. The van der Waals surface area contributed by atoms with Gasteiger partial charge in [0.1, 0.15) is 29.4 Å². The molecule has 1 unspecified atom stereocenters. The summed E-state index contributed by atoms with van der Waals surface area (Å²) < 4.78 is 7.33. The molecule has 9 heteroatoms. The van der Waals surface area contributed by atoms with Gasteiger partial charge >= 0.3 is 0 Å². The van der Waals surface area contributed by atoms with Gasteiger partial charge < -0.3 is 20.3 Å². The Morgan fingerprint density at radius 2 is 1.89 bits per heavy atom.